The molecule has 0 aromatic heterocycles. The molecule has 0 aliphatic rings. The molecule has 0 fully saturated rings. The summed E-state index contributed by atoms with van der Waals surface area (Å²) < 4.78 is 23.2. The van der Waals surface area contributed by atoms with Crippen molar-refractivity contribution >= 4 is 0 Å². The average molecular weight is 408 g/mol. The third kappa shape index (κ3) is 7.33. The highest BCUT2D eigenvalue weighted by Gasteiger charge is 2.07. The van der Waals surface area contributed by atoms with Gasteiger partial charge in [0.25, 0.3) is 0 Å². The van der Waals surface area contributed by atoms with Crippen molar-refractivity contribution in [2.24, 2.45) is 0 Å². The zero-order valence-corrected chi connectivity index (χ0v) is 17.4. The van der Waals surface area contributed by atoms with Crippen LogP contribution in [0, 0.1) is 0 Å². The van der Waals surface area contributed by atoms with Crippen molar-refractivity contribution in [2.75, 3.05) is 33.0 Å². The number of rotatable bonds is 13. The second-order valence-electron chi connectivity index (χ2n) is 6.57. The van der Waals surface area contributed by atoms with Crippen molar-refractivity contribution < 1.29 is 18.9 Å². The normalized spacial score (nSPS) is 10.4. The molecule has 0 aliphatic carbocycles. The van der Waals surface area contributed by atoms with Gasteiger partial charge in [-0.3, -0.25) is 0 Å². The molecule has 0 amide bonds. The molecule has 1 N–H and O–H groups in total. The van der Waals surface area contributed by atoms with Gasteiger partial charge in [-0.25, -0.2) is 0 Å². The third-order valence-corrected chi connectivity index (χ3v) is 4.32. The Morgan fingerprint density at radius 1 is 0.600 bits per heavy atom. The number of nitrogens with one attached hydrogen (secondary N) is 1. The van der Waals surface area contributed by atoms with E-state index in [0.717, 1.165) is 41.7 Å². The SMILES string of the molecule is CCNCc1ccc(OCCOc2ccccc2)cc1OCCOc1ccccc1. The quantitative estimate of drug-likeness (QED) is 0.416. The van der Waals surface area contributed by atoms with E-state index in [0.29, 0.717) is 26.4 Å². The van der Waals surface area contributed by atoms with Crippen molar-refractivity contribution in [3.63, 3.8) is 0 Å². The van der Waals surface area contributed by atoms with Crippen LogP contribution in [-0.4, -0.2) is 33.0 Å². The number of para-hydroxylation sites is 2. The standard InChI is InChI=1S/C25H29NO4/c1-2-26-20-21-13-14-24(29-16-15-27-22-9-5-3-6-10-22)19-25(21)30-18-17-28-23-11-7-4-8-12-23/h3-14,19,26H,2,15-18,20H2,1H3. The molecule has 30 heavy (non-hydrogen) atoms. The van der Waals surface area contributed by atoms with Gasteiger partial charge >= 0.3 is 0 Å². The van der Waals surface area contributed by atoms with Crippen LogP contribution in [0.15, 0.2) is 78.9 Å². The van der Waals surface area contributed by atoms with E-state index in [1.54, 1.807) is 0 Å². The minimum absolute atomic E-state index is 0.453. The predicted octanol–water partition coefficient (Wildman–Crippen LogP) is 4.71. The number of hydrogen-bond acceptors (Lipinski definition) is 5. The van der Waals surface area contributed by atoms with E-state index in [-0.39, 0.29) is 0 Å². The van der Waals surface area contributed by atoms with Crippen molar-refractivity contribution in [1.82, 2.24) is 5.32 Å². The summed E-state index contributed by atoms with van der Waals surface area (Å²) in [6, 6.07) is 25.4. The lowest BCUT2D eigenvalue weighted by molar-refractivity contribution is 0.209. The van der Waals surface area contributed by atoms with Crippen LogP contribution < -0.4 is 24.3 Å². The summed E-state index contributed by atoms with van der Waals surface area (Å²) in [5.74, 6) is 3.23. The number of benzene rings is 3. The molecule has 0 bridgehead atoms. The molecule has 0 aliphatic heterocycles. The van der Waals surface area contributed by atoms with Crippen LogP contribution >= 0.6 is 0 Å². The fourth-order valence-corrected chi connectivity index (χ4v) is 2.83. The molecular formula is C25H29NO4. The van der Waals surface area contributed by atoms with Crippen LogP contribution in [0.25, 0.3) is 0 Å². The Hall–Kier alpha value is -3.18. The topological polar surface area (TPSA) is 49.0 Å². The summed E-state index contributed by atoms with van der Waals surface area (Å²) in [5, 5.41) is 3.34. The van der Waals surface area contributed by atoms with Crippen molar-refractivity contribution in [1.29, 1.82) is 0 Å². The molecule has 0 radical (unpaired) electrons. The van der Waals surface area contributed by atoms with Gasteiger partial charge in [0.1, 0.15) is 49.4 Å². The van der Waals surface area contributed by atoms with Gasteiger partial charge in [0.05, 0.1) is 0 Å². The van der Waals surface area contributed by atoms with Gasteiger partial charge in [0.15, 0.2) is 0 Å². The van der Waals surface area contributed by atoms with Gasteiger partial charge in [-0.05, 0) is 36.9 Å². The predicted molar refractivity (Wildman–Crippen MR) is 119 cm³/mol. The van der Waals surface area contributed by atoms with Crippen LogP contribution in [0.3, 0.4) is 0 Å². The Bertz CT molecular complexity index is 856. The van der Waals surface area contributed by atoms with E-state index in [2.05, 4.69) is 12.2 Å². The van der Waals surface area contributed by atoms with E-state index < -0.39 is 0 Å². The Balaban J connectivity index is 1.50. The fourth-order valence-electron chi connectivity index (χ4n) is 2.83. The smallest absolute Gasteiger partial charge is 0.127 e. The van der Waals surface area contributed by atoms with Crippen LogP contribution in [-0.2, 0) is 6.54 Å². The molecule has 0 heterocycles. The summed E-state index contributed by atoms with van der Waals surface area (Å²) in [6.45, 7) is 5.57. The average Bonchev–Trinajstić information content (AvgIpc) is 2.80. The van der Waals surface area contributed by atoms with E-state index in [4.69, 9.17) is 18.9 Å². The Kier molecular flexibility index (Phi) is 8.90. The molecule has 0 saturated heterocycles. The number of ether oxygens (including phenoxy) is 4. The highest BCUT2D eigenvalue weighted by atomic mass is 16.5. The lowest BCUT2D eigenvalue weighted by atomic mass is 10.2. The van der Waals surface area contributed by atoms with Crippen LogP contribution in [0.1, 0.15) is 12.5 Å². The first-order valence-corrected chi connectivity index (χ1v) is 10.3. The summed E-state index contributed by atoms with van der Waals surface area (Å²) in [7, 11) is 0. The second-order valence-corrected chi connectivity index (χ2v) is 6.57. The Labute approximate surface area is 178 Å². The van der Waals surface area contributed by atoms with E-state index in [9.17, 15) is 0 Å². The van der Waals surface area contributed by atoms with E-state index >= 15 is 0 Å². The van der Waals surface area contributed by atoms with Gasteiger partial charge in [-0.1, -0.05) is 49.4 Å². The highest BCUT2D eigenvalue weighted by Crippen LogP contribution is 2.25. The van der Waals surface area contributed by atoms with E-state index in [1.807, 2.05) is 78.9 Å². The molecule has 5 heteroatoms. The van der Waals surface area contributed by atoms with Gasteiger partial charge in [-0.2, -0.15) is 0 Å². The van der Waals surface area contributed by atoms with Gasteiger partial charge in [0, 0.05) is 18.2 Å². The van der Waals surface area contributed by atoms with Gasteiger partial charge in [0.2, 0.25) is 0 Å². The maximum absolute atomic E-state index is 6.00. The van der Waals surface area contributed by atoms with E-state index in [1.165, 1.54) is 0 Å². The number of hydrogen-bond donors (Lipinski definition) is 1. The third-order valence-electron chi connectivity index (χ3n) is 4.32. The molecule has 0 saturated carbocycles. The van der Waals surface area contributed by atoms with Crippen molar-refractivity contribution in [2.45, 2.75) is 13.5 Å². The zero-order valence-electron chi connectivity index (χ0n) is 17.4. The lowest BCUT2D eigenvalue weighted by Gasteiger charge is -2.15. The molecule has 0 atom stereocenters. The van der Waals surface area contributed by atoms with Gasteiger partial charge in [-0.15, -0.1) is 0 Å². The minimum Gasteiger partial charge on any atom is -0.490 e. The van der Waals surface area contributed by atoms with Crippen molar-refractivity contribution in [3.8, 4) is 23.0 Å². The maximum atomic E-state index is 6.00. The molecule has 5 nitrogen and oxygen atoms in total. The molecule has 158 valence electrons. The Morgan fingerprint density at radius 2 is 1.13 bits per heavy atom. The molecule has 3 aromatic carbocycles. The summed E-state index contributed by atoms with van der Waals surface area (Å²) in [5.41, 5.74) is 1.09. The van der Waals surface area contributed by atoms with Crippen LogP contribution in [0.5, 0.6) is 23.0 Å². The summed E-state index contributed by atoms with van der Waals surface area (Å²) in [6.07, 6.45) is 0. The highest BCUT2D eigenvalue weighted by molar-refractivity contribution is 5.40. The molecule has 0 unspecified atom stereocenters. The molecule has 0 spiro atoms. The first-order chi connectivity index (χ1) is 14.8. The first kappa shape index (κ1) is 21.5. The maximum Gasteiger partial charge on any atom is 0.127 e. The minimum atomic E-state index is 0.453. The molecule has 3 rings (SSSR count). The van der Waals surface area contributed by atoms with Crippen molar-refractivity contribution in [3.05, 3.63) is 84.4 Å². The molecule has 3 aromatic rings. The first-order valence-electron chi connectivity index (χ1n) is 10.3. The summed E-state index contributed by atoms with van der Waals surface area (Å²) in [4.78, 5) is 0. The largest absolute Gasteiger partial charge is 0.490 e. The summed E-state index contributed by atoms with van der Waals surface area (Å²) >= 11 is 0. The van der Waals surface area contributed by atoms with Gasteiger partial charge < -0.3 is 24.3 Å². The lowest BCUT2D eigenvalue weighted by Crippen LogP contribution is -2.15. The zero-order chi connectivity index (χ0) is 20.9. The second kappa shape index (κ2) is 12.4. The fraction of sp³-hybridized carbons (Fsp3) is 0.280. The Morgan fingerprint density at radius 3 is 1.70 bits per heavy atom. The monoisotopic (exact) mass is 407 g/mol. The van der Waals surface area contributed by atoms with Crippen LogP contribution in [0.2, 0.25) is 0 Å². The van der Waals surface area contributed by atoms with Crippen LogP contribution in [0.4, 0.5) is 0 Å². The molecular weight excluding hydrogens is 378 g/mol.